The molecule has 1 aliphatic rings. The third-order valence-electron chi connectivity index (χ3n) is 3.26. The number of hydrogen-bond donors (Lipinski definition) is 2. The van der Waals surface area contributed by atoms with E-state index in [0.717, 1.165) is 36.1 Å². The molecular formula is C12H19N3O3S. The number of aromatic carboxylic acids is 1. The largest absolute Gasteiger partial charge is 0.476 e. The molecular weight excluding hydrogens is 266 g/mol. The number of hydrogen-bond acceptors (Lipinski definition) is 6. The van der Waals surface area contributed by atoms with Gasteiger partial charge in [0.1, 0.15) is 0 Å². The van der Waals surface area contributed by atoms with Gasteiger partial charge in [-0.2, -0.15) is 0 Å². The van der Waals surface area contributed by atoms with Gasteiger partial charge >= 0.3 is 5.97 Å². The summed E-state index contributed by atoms with van der Waals surface area (Å²) in [7, 11) is 0. The van der Waals surface area contributed by atoms with E-state index in [9.17, 15) is 4.79 Å². The van der Waals surface area contributed by atoms with Gasteiger partial charge < -0.3 is 10.2 Å². The van der Waals surface area contributed by atoms with Gasteiger partial charge in [0.15, 0.2) is 5.69 Å². The first-order valence-corrected chi connectivity index (χ1v) is 7.17. The van der Waals surface area contributed by atoms with Crippen LogP contribution in [0.5, 0.6) is 0 Å². The molecule has 106 valence electrons. The Balaban J connectivity index is 1.94. The van der Waals surface area contributed by atoms with E-state index in [2.05, 4.69) is 14.8 Å². The molecule has 0 atom stereocenters. The van der Waals surface area contributed by atoms with Crippen molar-refractivity contribution in [3.63, 3.8) is 0 Å². The molecule has 2 heterocycles. The van der Waals surface area contributed by atoms with Crippen molar-refractivity contribution in [3.8, 4) is 0 Å². The molecule has 0 amide bonds. The highest BCUT2D eigenvalue weighted by atomic mass is 32.1. The second-order valence-electron chi connectivity index (χ2n) is 4.65. The number of aryl methyl sites for hydroxylation is 1. The topological polar surface area (TPSA) is 76.9 Å². The first-order valence-electron chi connectivity index (χ1n) is 6.35. The van der Waals surface area contributed by atoms with Gasteiger partial charge in [-0.25, -0.2) is 9.78 Å². The molecule has 19 heavy (non-hydrogen) atoms. The normalized spacial score (nSPS) is 17.8. The lowest BCUT2D eigenvalue weighted by Crippen LogP contribution is -2.46. The molecule has 1 fully saturated rings. The van der Waals surface area contributed by atoms with Gasteiger partial charge in [0.25, 0.3) is 0 Å². The minimum Gasteiger partial charge on any atom is -0.476 e. The highest BCUT2D eigenvalue weighted by molar-refractivity contribution is 7.11. The maximum Gasteiger partial charge on any atom is 0.355 e. The minimum atomic E-state index is -0.946. The second-order valence-corrected chi connectivity index (χ2v) is 5.94. The SMILES string of the molecule is Cc1nc(C(=O)O)c(CN2CCN(CCO)CC2)s1. The number of aromatic nitrogens is 1. The predicted molar refractivity (Wildman–Crippen MR) is 72.6 cm³/mol. The van der Waals surface area contributed by atoms with Gasteiger partial charge in [0.2, 0.25) is 0 Å². The summed E-state index contributed by atoms with van der Waals surface area (Å²) in [5.74, 6) is -0.946. The lowest BCUT2D eigenvalue weighted by Gasteiger charge is -2.34. The monoisotopic (exact) mass is 285 g/mol. The van der Waals surface area contributed by atoms with Gasteiger partial charge in [0.05, 0.1) is 16.5 Å². The van der Waals surface area contributed by atoms with Crippen LogP contribution in [0.2, 0.25) is 0 Å². The van der Waals surface area contributed by atoms with Crippen molar-refractivity contribution in [1.82, 2.24) is 14.8 Å². The number of carbonyl (C=O) groups is 1. The number of carboxylic acid groups (broad SMARTS) is 1. The number of aliphatic hydroxyl groups is 1. The number of thiazole rings is 1. The number of rotatable bonds is 5. The number of carboxylic acids is 1. The fourth-order valence-electron chi connectivity index (χ4n) is 2.26. The van der Waals surface area contributed by atoms with Crippen LogP contribution in [0, 0.1) is 6.92 Å². The fourth-order valence-corrected chi connectivity index (χ4v) is 3.23. The summed E-state index contributed by atoms with van der Waals surface area (Å²) in [6, 6.07) is 0. The third-order valence-corrected chi connectivity index (χ3v) is 4.21. The van der Waals surface area contributed by atoms with E-state index in [1.54, 1.807) is 0 Å². The highest BCUT2D eigenvalue weighted by Gasteiger charge is 2.21. The van der Waals surface area contributed by atoms with Crippen molar-refractivity contribution in [3.05, 3.63) is 15.6 Å². The molecule has 2 N–H and O–H groups in total. The lowest BCUT2D eigenvalue weighted by molar-refractivity contribution is 0.0686. The van der Waals surface area contributed by atoms with Crippen LogP contribution in [0.1, 0.15) is 20.4 Å². The average Bonchev–Trinajstić information content (AvgIpc) is 2.73. The third kappa shape index (κ3) is 3.73. The number of β-amino-alcohol motifs (C(OH)–C–C–N with tert-alkyl or cyclic N) is 1. The minimum absolute atomic E-state index is 0.192. The van der Waals surface area contributed by atoms with E-state index < -0.39 is 5.97 Å². The summed E-state index contributed by atoms with van der Waals surface area (Å²) in [6.07, 6.45) is 0. The number of aliphatic hydroxyl groups excluding tert-OH is 1. The van der Waals surface area contributed by atoms with Gasteiger partial charge in [-0.05, 0) is 6.92 Å². The molecule has 0 aliphatic carbocycles. The van der Waals surface area contributed by atoms with Crippen molar-refractivity contribution < 1.29 is 15.0 Å². The van der Waals surface area contributed by atoms with E-state index in [1.165, 1.54) is 11.3 Å². The van der Waals surface area contributed by atoms with Crippen LogP contribution in [0.25, 0.3) is 0 Å². The molecule has 1 aliphatic heterocycles. The second kappa shape index (κ2) is 6.42. The van der Waals surface area contributed by atoms with Gasteiger partial charge in [-0.15, -0.1) is 11.3 Å². The van der Waals surface area contributed by atoms with E-state index >= 15 is 0 Å². The molecule has 1 aromatic heterocycles. The van der Waals surface area contributed by atoms with Gasteiger partial charge in [0, 0.05) is 39.3 Å². The van der Waals surface area contributed by atoms with Crippen LogP contribution in [0.4, 0.5) is 0 Å². The van der Waals surface area contributed by atoms with E-state index in [4.69, 9.17) is 10.2 Å². The number of nitrogens with zero attached hydrogens (tertiary/aromatic N) is 3. The summed E-state index contributed by atoms with van der Waals surface area (Å²) in [6.45, 7) is 7.03. The van der Waals surface area contributed by atoms with Gasteiger partial charge in [-0.3, -0.25) is 9.80 Å². The predicted octanol–water partition coefficient (Wildman–Crippen LogP) is 0.260. The summed E-state index contributed by atoms with van der Waals surface area (Å²) in [5.41, 5.74) is 0.195. The molecule has 1 aromatic rings. The van der Waals surface area contributed by atoms with Crippen LogP contribution in [-0.4, -0.2) is 70.3 Å². The fraction of sp³-hybridized carbons (Fsp3) is 0.667. The zero-order chi connectivity index (χ0) is 13.8. The molecule has 0 aromatic carbocycles. The standard InChI is InChI=1S/C12H19N3O3S/c1-9-13-11(12(17)18)10(19-9)8-15-4-2-14(3-5-15)6-7-16/h16H,2-8H2,1H3,(H,17,18). The smallest absolute Gasteiger partial charge is 0.355 e. The maximum atomic E-state index is 11.1. The summed E-state index contributed by atoms with van der Waals surface area (Å²) < 4.78 is 0. The quantitative estimate of drug-likeness (QED) is 0.808. The van der Waals surface area contributed by atoms with Crippen molar-refractivity contribution in [2.75, 3.05) is 39.3 Å². The van der Waals surface area contributed by atoms with Gasteiger partial charge in [-0.1, -0.05) is 0 Å². The Kier molecular flexibility index (Phi) is 4.87. The van der Waals surface area contributed by atoms with Crippen molar-refractivity contribution in [1.29, 1.82) is 0 Å². The molecule has 6 nitrogen and oxygen atoms in total. The summed E-state index contributed by atoms with van der Waals surface area (Å²) in [5, 5.41) is 18.8. The van der Waals surface area contributed by atoms with E-state index in [0.29, 0.717) is 13.1 Å². The Labute approximate surface area is 116 Å². The van der Waals surface area contributed by atoms with Crippen molar-refractivity contribution in [2.24, 2.45) is 0 Å². The van der Waals surface area contributed by atoms with Crippen molar-refractivity contribution in [2.45, 2.75) is 13.5 Å². The van der Waals surface area contributed by atoms with Crippen LogP contribution >= 0.6 is 11.3 Å². The molecule has 0 spiro atoms. The molecule has 1 saturated heterocycles. The first-order chi connectivity index (χ1) is 9.10. The molecule has 0 saturated carbocycles. The Morgan fingerprint density at radius 1 is 1.32 bits per heavy atom. The zero-order valence-electron chi connectivity index (χ0n) is 11.0. The van der Waals surface area contributed by atoms with Crippen LogP contribution in [-0.2, 0) is 6.54 Å². The lowest BCUT2D eigenvalue weighted by atomic mass is 10.3. The Morgan fingerprint density at radius 3 is 2.53 bits per heavy atom. The highest BCUT2D eigenvalue weighted by Crippen LogP contribution is 2.20. The molecule has 0 bridgehead atoms. The van der Waals surface area contributed by atoms with Crippen LogP contribution in [0.3, 0.4) is 0 Å². The Morgan fingerprint density at radius 2 is 1.95 bits per heavy atom. The first kappa shape index (κ1) is 14.4. The molecule has 0 unspecified atom stereocenters. The Bertz CT molecular complexity index is 441. The van der Waals surface area contributed by atoms with E-state index in [1.807, 2.05) is 6.92 Å². The maximum absolute atomic E-state index is 11.1. The average molecular weight is 285 g/mol. The van der Waals surface area contributed by atoms with Crippen LogP contribution in [0.15, 0.2) is 0 Å². The molecule has 2 rings (SSSR count). The molecule has 7 heteroatoms. The summed E-state index contributed by atoms with van der Waals surface area (Å²) >= 11 is 1.46. The van der Waals surface area contributed by atoms with Crippen LogP contribution < -0.4 is 0 Å². The summed E-state index contributed by atoms with van der Waals surface area (Å²) in [4.78, 5) is 20.5. The zero-order valence-corrected chi connectivity index (χ0v) is 11.8. The van der Waals surface area contributed by atoms with Crippen molar-refractivity contribution >= 4 is 17.3 Å². The van der Waals surface area contributed by atoms with E-state index in [-0.39, 0.29) is 12.3 Å². The number of piperazine rings is 1. The Hall–Kier alpha value is -1.02. The molecule has 0 radical (unpaired) electrons.